The Morgan fingerprint density at radius 3 is 2.69 bits per heavy atom. The van der Waals surface area contributed by atoms with Crippen LogP contribution in [0, 0.1) is 0 Å². The first kappa shape index (κ1) is 17.7. The fourth-order valence-corrected chi connectivity index (χ4v) is 2.70. The van der Waals surface area contributed by atoms with E-state index in [2.05, 4.69) is 5.32 Å². The Bertz CT molecular complexity index is 965. The highest BCUT2D eigenvalue weighted by Crippen LogP contribution is 2.24. The topological polar surface area (TPSA) is 88.8 Å². The van der Waals surface area contributed by atoms with Crippen molar-refractivity contribution < 1.29 is 19.1 Å². The molecule has 6 nitrogen and oxygen atoms in total. The highest BCUT2D eigenvalue weighted by atomic mass is 16.5. The van der Waals surface area contributed by atoms with Gasteiger partial charge in [-0.3, -0.25) is 4.79 Å². The van der Waals surface area contributed by atoms with Gasteiger partial charge in [-0.15, -0.1) is 0 Å². The molecular formula is C20H19NO5. The molecule has 0 radical (unpaired) electrons. The van der Waals surface area contributed by atoms with Crippen molar-refractivity contribution in [2.45, 2.75) is 12.5 Å². The van der Waals surface area contributed by atoms with E-state index in [-0.39, 0.29) is 12.1 Å². The molecule has 0 aliphatic heterocycles. The third-order valence-electron chi connectivity index (χ3n) is 4.08. The van der Waals surface area contributed by atoms with Gasteiger partial charge in [-0.25, -0.2) is 4.79 Å². The fraction of sp³-hybridized carbons (Fsp3) is 0.200. The van der Waals surface area contributed by atoms with Crippen molar-refractivity contribution in [1.82, 2.24) is 5.32 Å². The van der Waals surface area contributed by atoms with E-state index in [4.69, 9.17) is 9.15 Å². The monoisotopic (exact) mass is 353 g/mol. The van der Waals surface area contributed by atoms with Gasteiger partial charge in [-0.1, -0.05) is 42.5 Å². The Labute approximate surface area is 150 Å². The molecule has 0 spiro atoms. The van der Waals surface area contributed by atoms with Crippen LogP contribution in [-0.2, 0) is 0 Å². The average Bonchev–Trinajstić information content (AvgIpc) is 2.67. The van der Waals surface area contributed by atoms with Crippen LogP contribution in [0.1, 0.15) is 28.4 Å². The van der Waals surface area contributed by atoms with Crippen LogP contribution in [-0.4, -0.2) is 24.7 Å². The zero-order valence-electron chi connectivity index (χ0n) is 14.3. The molecule has 1 unspecified atom stereocenters. The lowest BCUT2D eigenvalue weighted by Gasteiger charge is -2.11. The van der Waals surface area contributed by atoms with E-state index in [9.17, 15) is 14.7 Å². The summed E-state index contributed by atoms with van der Waals surface area (Å²) in [6, 6.07) is 15.8. The molecule has 1 atom stereocenters. The number of carbonyl (C=O) groups is 1. The van der Waals surface area contributed by atoms with Gasteiger partial charge >= 0.3 is 5.63 Å². The molecular weight excluding hydrogens is 334 g/mol. The molecule has 0 bridgehead atoms. The second kappa shape index (κ2) is 7.84. The summed E-state index contributed by atoms with van der Waals surface area (Å²) in [7, 11) is 1.48. The number of aliphatic hydroxyl groups is 1. The van der Waals surface area contributed by atoms with Gasteiger partial charge in [0.25, 0.3) is 5.91 Å². The van der Waals surface area contributed by atoms with Crippen LogP contribution in [0.4, 0.5) is 0 Å². The van der Waals surface area contributed by atoms with Crippen LogP contribution in [0.2, 0.25) is 0 Å². The lowest BCUT2D eigenvalue weighted by Crippen LogP contribution is -2.29. The number of benzene rings is 2. The summed E-state index contributed by atoms with van der Waals surface area (Å²) in [4.78, 5) is 24.4. The largest absolute Gasteiger partial charge is 0.493 e. The minimum atomic E-state index is -0.733. The van der Waals surface area contributed by atoms with E-state index in [0.29, 0.717) is 23.1 Å². The van der Waals surface area contributed by atoms with E-state index < -0.39 is 17.6 Å². The number of hydrogen-bond donors (Lipinski definition) is 2. The lowest BCUT2D eigenvalue weighted by atomic mass is 10.1. The summed E-state index contributed by atoms with van der Waals surface area (Å²) >= 11 is 0. The molecule has 0 aliphatic carbocycles. The van der Waals surface area contributed by atoms with Gasteiger partial charge in [0.15, 0.2) is 11.3 Å². The zero-order chi connectivity index (χ0) is 18.5. The molecule has 6 heteroatoms. The van der Waals surface area contributed by atoms with Crippen molar-refractivity contribution in [3.05, 3.63) is 76.1 Å². The van der Waals surface area contributed by atoms with Gasteiger partial charge in [-0.2, -0.15) is 0 Å². The molecule has 2 aromatic carbocycles. The van der Waals surface area contributed by atoms with Crippen LogP contribution >= 0.6 is 0 Å². The highest BCUT2D eigenvalue weighted by Gasteiger charge is 2.16. The minimum absolute atomic E-state index is 0.0834. The maximum absolute atomic E-state index is 12.3. The Hall–Kier alpha value is -3.12. The Morgan fingerprint density at radius 2 is 1.96 bits per heavy atom. The van der Waals surface area contributed by atoms with E-state index in [0.717, 1.165) is 5.56 Å². The first-order valence-corrected chi connectivity index (χ1v) is 8.22. The van der Waals surface area contributed by atoms with Crippen molar-refractivity contribution in [1.29, 1.82) is 0 Å². The van der Waals surface area contributed by atoms with E-state index in [1.165, 1.54) is 13.2 Å². The molecule has 0 saturated carbocycles. The average molecular weight is 353 g/mol. The van der Waals surface area contributed by atoms with Crippen LogP contribution in [0.5, 0.6) is 5.75 Å². The summed E-state index contributed by atoms with van der Waals surface area (Å²) in [6.45, 7) is 0.227. The predicted molar refractivity (Wildman–Crippen MR) is 97.4 cm³/mol. The SMILES string of the molecule is COc1cccc2cc(C(=O)NCCC(O)c3ccccc3)c(=O)oc12. The predicted octanol–water partition coefficient (Wildman–Crippen LogP) is 2.66. The lowest BCUT2D eigenvalue weighted by molar-refractivity contribution is 0.0939. The Kier molecular flexibility index (Phi) is 5.34. The summed E-state index contributed by atoms with van der Waals surface area (Å²) in [5.74, 6) is -0.110. The van der Waals surface area contributed by atoms with Crippen molar-refractivity contribution in [3.63, 3.8) is 0 Å². The number of rotatable bonds is 6. The van der Waals surface area contributed by atoms with E-state index in [1.807, 2.05) is 30.3 Å². The molecule has 26 heavy (non-hydrogen) atoms. The first-order chi connectivity index (χ1) is 12.6. The van der Waals surface area contributed by atoms with Crippen molar-refractivity contribution in [3.8, 4) is 5.75 Å². The maximum atomic E-state index is 12.3. The summed E-state index contributed by atoms with van der Waals surface area (Å²) in [6.07, 6.45) is -0.351. The number of methoxy groups -OCH3 is 1. The zero-order valence-corrected chi connectivity index (χ0v) is 14.3. The summed E-state index contributed by atoms with van der Waals surface area (Å²) < 4.78 is 10.4. The third kappa shape index (κ3) is 3.75. The molecule has 0 aliphatic rings. The van der Waals surface area contributed by atoms with Crippen molar-refractivity contribution in [2.24, 2.45) is 0 Å². The van der Waals surface area contributed by atoms with Gasteiger partial charge in [0.05, 0.1) is 13.2 Å². The molecule has 3 aromatic rings. The van der Waals surface area contributed by atoms with Gasteiger partial charge in [-0.05, 0) is 24.1 Å². The Balaban J connectivity index is 1.70. The standard InChI is InChI=1S/C20H19NO5/c1-25-17-9-5-8-14-12-15(20(24)26-18(14)17)19(23)21-11-10-16(22)13-6-3-2-4-7-13/h2-9,12,16,22H,10-11H2,1H3,(H,21,23). The molecule has 0 saturated heterocycles. The maximum Gasteiger partial charge on any atom is 0.349 e. The number of fused-ring (bicyclic) bond motifs is 1. The number of carbonyl (C=O) groups excluding carboxylic acids is 1. The van der Waals surface area contributed by atoms with Crippen molar-refractivity contribution >= 4 is 16.9 Å². The van der Waals surface area contributed by atoms with Crippen LogP contribution in [0.15, 0.2) is 63.8 Å². The summed E-state index contributed by atoms with van der Waals surface area (Å²) in [5.41, 5.74) is 0.262. The minimum Gasteiger partial charge on any atom is -0.493 e. The molecule has 134 valence electrons. The second-order valence-corrected chi connectivity index (χ2v) is 5.80. The number of nitrogens with one attached hydrogen (secondary N) is 1. The normalized spacial score (nSPS) is 11.9. The summed E-state index contributed by atoms with van der Waals surface area (Å²) in [5, 5.41) is 13.4. The first-order valence-electron chi connectivity index (χ1n) is 8.22. The molecule has 3 rings (SSSR count). The van der Waals surface area contributed by atoms with Gasteiger partial charge in [0, 0.05) is 11.9 Å². The number of amides is 1. The number of hydrogen-bond acceptors (Lipinski definition) is 5. The van der Waals surface area contributed by atoms with E-state index in [1.54, 1.807) is 18.2 Å². The molecule has 1 amide bonds. The van der Waals surface area contributed by atoms with Crippen LogP contribution < -0.4 is 15.7 Å². The second-order valence-electron chi connectivity index (χ2n) is 5.80. The van der Waals surface area contributed by atoms with E-state index >= 15 is 0 Å². The van der Waals surface area contributed by atoms with Crippen LogP contribution in [0.25, 0.3) is 11.0 Å². The van der Waals surface area contributed by atoms with Gasteiger partial charge in [0.1, 0.15) is 5.56 Å². The highest BCUT2D eigenvalue weighted by molar-refractivity contribution is 5.97. The number of para-hydroxylation sites is 1. The quantitative estimate of drug-likeness (QED) is 0.665. The molecule has 0 fully saturated rings. The molecule has 2 N–H and O–H groups in total. The Morgan fingerprint density at radius 1 is 1.19 bits per heavy atom. The number of aliphatic hydroxyl groups excluding tert-OH is 1. The van der Waals surface area contributed by atoms with Gasteiger partial charge in [0.2, 0.25) is 0 Å². The molecule has 1 heterocycles. The van der Waals surface area contributed by atoms with Crippen molar-refractivity contribution in [2.75, 3.05) is 13.7 Å². The van der Waals surface area contributed by atoms with Crippen LogP contribution in [0.3, 0.4) is 0 Å². The fourth-order valence-electron chi connectivity index (χ4n) is 2.70. The number of ether oxygens (including phenoxy) is 1. The molecule has 1 aromatic heterocycles. The smallest absolute Gasteiger partial charge is 0.349 e. The van der Waals surface area contributed by atoms with Gasteiger partial charge < -0.3 is 19.6 Å². The third-order valence-corrected chi connectivity index (χ3v) is 4.08.